The van der Waals surface area contributed by atoms with Crippen molar-refractivity contribution in [2.24, 2.45) is 5.92 Å². The number of alkyl halides is 4. The number of rotatable bonds is 4. The SMILES string of the molecule is FC(CCCC1CCNCC1)C(F)(F)F. The summed E-state index contributed by atoms with van der Waals surface area (Å²) in [4.78, 5) is 0. The number of hydrogen-bond donors (Lipinski definition) is 1. The molecule has 90 valence electrons. The maximum atomic E-state index is 12.5. The first-order valence-corrected chi connectivity index (χ1v) is 5.41. The van der Waals surface area contributed by atoms with E-state index in [0.717, 1.165) is 32.4 Å². The lowest BCUT2D eigenvalue weighted by atomic mass is 9.92. The Labute approximate surface area is 87.2 Å². The van der Waals surface area contributed by atoms with Crippen molar-refractivity contribution in [2.75, 3.05) is 13.1 Å². The molecule has 1 heterocycles. The van der Waals surface area contributed by atoms with Crippen molar-refractivity contribution in [3.63, 3.8) is 0 Å². The van der Waals surface area contributed by atoms with Crippen molar-refractivity contribution < 1.29 is 17.6 Å². The van der Waals surface area contributed by atoms with Gasteiger partial charge in [-0.2, -0.15) is 13.2 Å². The Morgan fingerprint density at radius 2 is 1.80 bits per heavy atom. The zero-order chi connectivity index (χ0) is 11.3. The number of nitrogens with one attached hydrogen (secondary N) is 1. The summed E-state index contributed by atoms with van der Waals surface area (Å²) < 4.78 is 48.0. The highest BCUT2D eigenvalue weighted by Crippen LogP contribution is 2.28. The van der Waals surface area contributed by atoms with E-state index >= 15 is 0 Å². The number of halogens is 4. The first-order chi connectivity index (χ1) is 7.00. The molecule has 1 rings (SSSR count). The van der Waals surface area contributed by atoms with Crippen LogP contribution in [-0.2, 0) is 0 Å². The molecule has 0 spiro atoms. The third-order valence-corrected chi connectivity index (χ3v) is 2.88. The zero-order valence-corrected chi connectivity index (χ0v) is 8.62. The fraction of sp³-hybridized carbons (Fsp3) is 1.00. The van der Waals surface area contributed by atoms with Crippen LogP contribution >= 0.6 is 0 Å². The Kier molecular flexibility index (Phi) is 4.83. The van der Waals surface area contributed by atoms with Gasteiger partial charge in [-0.15, -0.1) is 0 Å². The van der Waals surface area contributed by atoms with E-state index in [2.05, 4.69) is 5.32 Å². The molecule has 0 aromatic rings. The second-order valence-corrected chi connectivity index (χ2v) is 4.13. The van der Waals surface area contributed by atoms with Crippen molar-refractivity contribution in [3.05, 3.63) is 0 Å². The van der Waals surface area contributed by atoms with Crippen LogP contribution in [-0.4, -0.2) is 25.4 Å². The van der Waals surface area contributed by atoms with E-state index in [9.17, 15) is 17.6 Å². The van der Waals surface area contributed by atoms with Crippen LogP contribution in [0.5, 0.6) is 0 Å². The highest BCUT2D eigenvalue weighted by atomic mass is 19.4. The molecule has 1 saturated heterocycles. The largest absolute Gasteiger partial charge is 0.419 e. The van der Waals surface area contributed by atoms with Crippen LogP contribution in [0.4, 0.5) is 17.6 Å². The lowest BCUT2D eigenvalue weighted by molar-refractivity contribution is -0.182. The molecule has 5 heteroatoms. The van der Waals surface area contributed by atoms with E-state index in [0.29, 0.717) is 12.3 Å². The molecule has 0 bridgehead atoms. The maximum Gasteiger partial charge on any atom is 0.419 e. The van der Waals surface area contributed by atoms with Gasteiger partial charge >= 0.3 is 6.18 Å². The quantitative estimate of drug-likeness (QED) is 0.728. The summed E-state index contributed by atoms with van der Waals surface area (Å²) in [6, 6.07) is 0. The molecule has 1 unspecified atom stereocenters. The summed E-state index contributed by atoms with van der Waals surface area (Å²) in [7, 11) is 0. The van der Waals surface area contributed by atoms with Gasteiger partial charge in [0.15, 0.2) is 6.17 Å². The third kappa shape index (κ3) is 4.82. The monoisotopic (exact) mass is 227 g/mol. The van der Waals surface area contributed by atoms with Crippen molar-refractivity contribution in [3.8, 4) is 0 Å². The molecule has 1 aliphatic rings. The molecule has 0 radical (unpaired) electrons. The minimum absolute atomic E-state index is 0.339. The first-order valence-electron chi connectivity index (χ1n) is 5.41. The molecular formula is C10H17F4N. The van der Waals surface area contributed by atoms with Gasteiger partial charge < -0.3 is 5.32 Å². The Morgan fingerprint density at radius 3 is 2.33 bits per heavy atom. The summed E-state index contributed by atoms with van der Waals surface area (Å²) in [5.74, 6) is 0.478. The smallest absolute Gasteiger partial charge is 0.317 e. The highest BCUT2D eigenvalue weighted by molar-refractivity contribution is 4.71. The van der Waals surface area contributed by atoms with Crippen LogP contribution in [0.2, 0.25) is 0 Å². The van der Waals surface area contributed by atoms with Gasteiger partial charge in [-0.1, -0.05) is 6.42 Å². The van der Waals surface area contributed by atoms with Crippen LogP contribution in [0, 0.1) is 5.92 Å². The van der Waals surface area contributed by atoms with Crippen molar-refractivity contribution in [1.29, 1.82) is 0 Å². The molecule has 1 atom stereocenters. The molecular weight excluding hydrogens is 210 g/mol. The van der Waals surface area contributed by atoms with Crippen molar-refractivity contribution in [2.45, 2.75) is 44.5 Å². The Bertz CT molecular complexity index is 175. The molecule has 1 aliphatic heterocycles. The Balaban J connectivity index is 2.10. The Morgan fingerprint density at radius 1 is 1.20 bits per heavy atom. The van der Waals surface area contributed by atoms with Gasteiger partial charge in [0.2, 0.25) is 0 Å². The average Bonchev–Trinajstić information content (AvgIpc) is 2.18. The highest BCUT2D eigenvalue weighted by Gasteiger charge is 2.39. The molecule has 0 aliphatic carbocycles. The van der Waals surface area contributed by atoms with E-state index in [1.54, 1.807) is 0 Å². The van der Waals surface area contributed by atoms with Gasteiger partial charge in [0.1, 0.15) is 0 Å². The molecule has 0 aromatic heterocycles. The van der Waals surface area contributed by atoms with Gasteiger partial charge in [-0.25, -0.2) is 4.39 Å². The molecule has 1 fully saturated rings. The zero-order valence-electron chi connectivity index (χ0n) is 8.62. The predicted octanol–water partition coefficient (Wildman–Crippen LogP) is 3.06. The molecule has 0 aromatic carbocycles. The van der Waals surface area contributed by atoms with Crippen molar-refractivity contribution in [1.82, 2.24) is 5.32 Å². The van der Waals surface area contributed by atoms with Gasteiger partial charge in [0, 0.05) is 0 Å². The summed E-state index contributed by atoms with van der Waals surface area (Å²) >= 11 is 0. The Hall–Kier alpha value is -0.320. The first kappa shape index (κ1) is 12.7. The van der Waals surface area contributed by atoms with E-state index in [4.69, 9.17) is 0 Å². The lowest BCUT2D eigenvalue weighted by Gasteiger charge is -2.22. The normalized spacial score (nSPS) is 21.6. The molecule has 0 saturated carbocycles. The molecule has 15 heavy (non-hydrogen) atoms. The second-order valence-electron chi connectivity index (χ2n) is 4.13. The van der Waals surface area contributed by atoms with Gasteiger partial charge in [-0.05, 0) is 44.7 Å². The van der Waals surface area contributed by atoms with E-state index in [-0.39, 0.29) is 6.42 Å². The fourth-order valence-corrected chi connectivity index (χ4v) is 1.92. The van der Waals surface area contributed by atoms with Crippen LogP contribution < -0.4 is 5.32 Å². The molecule has 0 amide bonds. The summed E-state index contributed by atoms with van der Waals surface area (Å²) in [6.45, 7) is 1.87. The van der Waals surface area contributed by atoms with Crippen molar-refractivity contribution >= 4 is 0 Å². The van der Waals surface area contributed by atoms with Gasteiger partial charge in [0.05, 0.1) is 0 Å². The van der Waals surface area contributed by atoms with E-state index < -0.39 is 12.3 Å². The third-order valence-electron chi connectivity index (χ3n) is 2.88. The standard InChI is InChI=1S/C10H17F4N/c11-9(10(12,13)14)3-1-2-8-4-6-15-7-5-8/h8-9,15H,1-7H2. The van der Waals surface area contributed by atoms with Crippen LogP contribution in [0.3, 0.4) is 0 Å². The molecule has 1 N–H and O–H groups in total. The lowest BCUT2D eigenvalue weighted by Crippen LogP contribution is -2.28. The van der Waals surface area contributed by atoms with Gasteiger partial charge in [0.25, 0.3) is 0 Å². The number of piperidine rings is 1. The van der Waals surface area contributed by atoms with E-state index in [1.807, 2.05) is 0 Å². The van der Waals surface area contributed by atoms with Gasteiger partial charge in [-0.3, -0.25) is 0 Å². The summed E-state index contributed by atoms with van der Waals surface area (Å²) in [6.07, 6.45) is -4.63. The van der Waals surface area contributed by atoms with Crippen LogP contribution in [0.15, 0.2) is 0 Å². The minimum atomic E-state index is -4.67. The van der Waals surface area contributed by atoms with E-state index in [1.165, 1.54) is 0 Å². The topological polar surface area (TPSA) is 12.0 Å². The second kappa shape index (κ2) is 5.68. The number of hydrogen-bond acceptors (Lipinski definition) is 1. The molecule has 1 nitrogen and oxygen atoms in total. The predicted molar refractivity (Wildman–Crippen MR) is 50.4 cm³/mol. The van der Waals surface area contributed by atoms with Crippen LogP contribution in [0.25, 0.3) is 0 Å². The fourth-order valence-electron chi connectivity index (χ4n) is 1.92. The summed E-state index contributed by atoms with van der Waals surface area (Å²) in [5, 5.41) is 3.18. The maximum absolute atomic E-state index is 12.5. The average molecular weight is 227 g/mol. The van der Waals surface area contributed by atoms with Crippen LogP contribution in [0.1, 0.15) is 32.1 Å². The minimum Gasteiger partial charge on any atom is -0.317 e. The summed E-state index contributed by atoms with van der Waals surface area (Å²) in [5.41, 5.74) is 0.